The van der Waals surface area contributed by atoms with E-state index in [2.05, 4.69) is 5.16 Å². The van der Waals surface area contributed by atoms with Gasteiger partial charge in [-0.3, -0.25) is 0 Å². The third-order valence-electron chi connectivity index (χ3n) is 4.20. The highest BCUT2D eigenvalue weighted by atomic mass is 35.5. The summed E-state index contributed by atoms with van der Waals surface area (Å²) in [4.78, 5) is 0. The van der Waals surface area contributed by atoms with Crippen LogP contribution in [0.5, 0.6) is 5.75 Å². The molecule has 2 aromatic carbocycles. The first-order valence-electron chi connectivity index (χ1n) is 6.61. The maximum atomic E-state index is 9.41. The quantitative estimate of drug-likeness (QED) is 0.622. The first-order chi connectivity index (χ1) is 10.2. The molecule has 4 rings (SSSR count). The lowest BCUT2D eigenvalue weighted by atomic mass is 9.96. The number of benzene rings is 2. The molecule has 0 amide bonds. The molecule has 3 nitrogen and oxygen atoms in total. The Morgan fingerprint density at radius 1 is 1.14 bits per heavy atom. The van der Waals surface area contributed by atoms with Gasteiger partial charge in [0.05, 0.1) is 21.7 Å². The fraction of sp³-hybridized carbons (Fsp3) is 0.188. The number of ether oxygens (including phenoxy) is 1. The standard InChI is InChI=1S/C16H11Cl2NO2/c17-12-6-10-14(7-13(12)18)21-16(8-11(16)15(10)19-20)9-4-2-1-3-5-9/h1-7,11,20H,8H2. The van der Waals surface area contributed by atoms with Crippen LogP contribution in [0.4, 0.5) is 0 Å². The van der Waals surface area contributed by atoms with Crippen molar-refractivity contribution in [1.29, 1.82) is 0 Å². The topological polar surface area (TPSA) is 41.8 Å². The first-order valence-corrected chi connectivity index (χ1v) is 7.37. The van der Waals surface area contributed by atoms with E-state index in [4.69, 9.17) is 27.9 Å². The second-order valence-electron chi connectivity index (χ2n) is 5.36. The second-order valence-corrected chi connectivity index (χ2v) is 6.18. The van der Waals surface area contributed by atoms with Crippen LogP contribution in [-0.2, 0) is 5.60 Å². The normalized spacial score (nSPS) is 27.7. The van der Waals surface area contributed by atoms with E-state index in [0.717, 1.165) is 12.0 Å². The van der Waals surface area contributed by atoms with Crippen molar-refractivity contribution in [2.75, 3.05) is 0 Å². The van der Waals surface area contributed by atoms with Crippen LogP contribution in [0.15, 0.2) is 47.6 Å². The number of oxime groups is 1. The summed E-state index contributed by atoms with van der Waals surface area (Å²) in [5.74, 6) is 0.643. The number of nitrogens with zero attached hydrogens (tertiary/aromatic N) is 1. The molecule has 0 saturated heterocycles. The maximum absolute atomic E-state index is 9.41. The molecule has 5 heteroatoms. The van der Waals surface area contributed by atoms with Gasteiger partial charge in [0, 0.05) is 18.1 Å². The number of hydrogen-bond donors (Lipinski definition) is 1. The maximum Gasteiger partial charge on any atom is 0.143 e. The van der Waals surface area contributed by atoms with Crippen molar-refractivity contribution in [3.05, 3.63) is 63.6 Å². The molecule has 1 heterocycles. The monoisotopic (exact) mass is 319 g/mol. The molecule has 21 heavy (non-hydrogen) atoms. The zero-order valence-electron chi connectivity index (χ0n) is 10.9. The van der Waals surface area contributed by atoms with Gasteiger partial charge in [0.2, 0.25) is 0 Å². The van der Waals surface area contributed by atoms with E-state index >= 15 is 0 Å². The molecule has 0 bridgehead atoms. The summed E-state index contributed by atoms with van der Waals surface area (Å²) in [6.07, 6.45) is 0.778. The van der Waals surface area contributed by atoms with Crippen LogP contribution < -0.4 is 4.74 Å². The summed E-state index contributed by atoms with van der Waals surface area (Å²) in [5, 5.41) is 13.8. The summed E-state index contributed by atoms with van der Waals surface area (Å²) in [6.45, 7) is 0. The van der Waals surface area contributed by atoms with Crippen LogP contribution >= 0.6 is 23.2 Å². The van der Waals surface area contributed by atoms with E-state index in [9.17, 15) is 5.21 Å². The zero-order chi connectivity index (χ0) is 14.6. The number of hydrogen-bond acceptors (Lipinski definition) is 3. The third kappa shape index (κ3) is 1.78. The van der Waals surface area contributed by atoms with Gasteiger partial charge >= 0.3 is 0 Å². The minimum Gasteiger partial charge on any atom is -0.481 e. The van der Waals surface area contributed by atoms with Crippen molar-refractivity contribution in [1.82, 2.24) is 0 Å². The lowest BCUT2D eigenvalue weighted by Gasteiger charge is -2.27. The van der Waals surface area contributed by atoms with Gasteiger partial charge in [-0.2, -0.15) is 0 Å². The van der Waals surface area contributed by atoms with Crippen LogP contribution in [0.3, 0.4) is 0 Å². The molecular weight excluding hydrogens is 309 g/mol. The summed E-state index contributed by atoms with van der Waals surface area (Å²) in [7, 11) is 0. The second kappa shape index (κ2) is 4.39. The Balaban J connectivity index is 1.87. The zero-order valence-corrected chi connectivity index (χ0v) is 12.4. The van der Waals surface area contributed by atoms with E-state index in [1.54, 1.807) is 12.1 Å². The molecule has 1 aliphatic carbocycles. The average Bonchev–Trinajstić information content (AvgIpc) is 3.22. The molecule has 0 spiro atoms. The Bertz CT molecular complexity index is 760. The Morgan fingerprint density at radius 3 is 2.57 bits per heavy atom. The summed E-state index contributed by atoms with van der Waals surface area (Å²) < 4.78 is 6.21. The molecule has 2 atom stereocenters. The van der Waals surface area contributed by atoms with E-state index in [1.807, 2.05) is 30.3 Å². The Hall–Kier alpha value is -1.71. The smallest absolute Gasteiger partial charge is 0.143 e. The van der Waals surface area contributed by atoms with Gasteiger partial charge in [-0.25, -0.2) is 0 Å². The van der Waals surface area contributed by atoms with E-state index < -0.39 is 5.60 Å². The van der Waals surface area contributed by atoms with Gasteiger partial charge < -0.3 is 9.94 Å². The van der Waals surface area contributed by atoms with Gasteiger partial charge in [0.15, 0.2) is 0 Å². The minimum absolute atomic E-state index is 0.0367. The van der Waals surface area contributed by atoms with Crippen molar-refractivity contribution in [2.45, 2.75) is 12.0 Å². The first kappa shape index (κ1) is 13.0. The lowest BCUT2D eigenvalue weighted by Crippen LogP contribution is -2.28. The largest absolute Gasteiger partial charge is 0.481 e. The van der Waals surface area contributed by atoms with Crippen molar-refractivity contribution in [2.24, 2.45) is 11.1 Å². The molecular formula is C16H11Cl2NO2. The molecule has 1 saturated carbocycles. The Kier molecular flexibility index (Phi) is 2.72. The van der Waals surface area contributed by atoms with Crippen LogP contribution in [0, 0.1) is 5.92 Å². The molecule has 1 fully saturated rings. The molecule has 2 unspecified atom stereocenters. The van der Waals surface area contributed by atoms with Crippen LogP contribution in [0.25, 0.3) is 0 Å². The predicted octanol–water partition coefficient (Wildman–Crippen LogP) is 4.48. The van der Waals surface area contributed by atoms with Crippen LogP contribution in [-0.4, -0.2) is 10.9 Å². The Morgan fingerprint density at radius 2 is 1.86 bits per heavy atom. The van der Waals surface area contributed by atoms with Gasteiger partial charge in [0.25, 0.3) is 0 Å². The number of fused-ring (bicyclic) bond motifs is 2. The fourth-order valence-corrected chi connectivity index (χ4v) is 3.41. The lowest BCUT2D eigenvalue weighted by molar-refractivity contribution is 0.164. The van der Waals surface area contributed by atoms with Gasteiger partial charge in [-0.05, 0) is 11.6 Å². The SMILES string of the molecule is ON=C1c2cc(Cl)c(Cl)cc2OC2(c3ccccc3)CC12. The fourth-order valence-electron chi connectivity index (χ4n) is 3.09. The minimum atomic E-state index is -0.451. The van der Waals surface area contributed by atoms with Crippen molar-refractivity contribution >= 4 is 28.9 Å². The summed E-state index contributed by atoms with van der Waals surface area (Å²) in [5.41, 5.74) is 1.94. The van der Waals surface area contributed by atoms with Crippen molar-refractivity contribution in [3.8, 4) is 5.75 Å². The van der Waals surface area contributed by atoms with E-state index in [0.29, 0.717) is 27.1 Å². The Labute approximate surface area is 131 Å². The highest BCUT2D eigenvalue weighted by molar-refractivity contribution is 6.42. The molecule has 1 aliphatic heterocycles. The van der Waals surface area contributed by atoms with Gasteiger partial charge in [0.1, 0.15) is 11.4 Å². The molecule has 2 aromatic rings. The molecule has 0 radical (unpaired) electrons. The number of rotatable bonds is 1. The van der Waals surface area contributed by atoms with Crippen molar-refractivity contribution in [3.63, 3.8) is 0 Å². The predicted molar refractivity (Wildman–Crippen MR) is 81.6 cm³/mol. The summed E-state index contributed by atoms with van der Waals surface area (Å²) in [6, 6.07) is 13.3. The molecule has 0 aromatic heterocycles. The third-order valence-corrected chi connectivity index (χ3v) is 4.92. The van der Waals surface area contributed by atoms with Crippen molar-refractivity contribution < 1.29 is 9.94 Å². The molecule has 1 N–H and O–H groups in total. The van der Waals surface area contributed by atoms with Crippen LogP contribution in [0.1, 0.15) is 17.5 Å². The molecule has 2 aliphatic rings. The number of halogens is 2. The summed E-state index contributed by atoms with van der Waals surface area (Å²) >= 11 is 12.1. The van der Waals surface area contributed by atoms with Gasteiger partial charge in [-0.15, -0.1) is 0 Å². The molecule has 106 valence electrons. The van der Waals surface area contributed by atoms with Crippen LogP contribution in [0.2, 0.25) is 10.0 Å². The highest BCUT2D eigenvalue weighted by Crippen LogP contribution is 2.60. The van der Waals surface area contributed by atoms with E-state index in [1.165, 1.54) is 0 Å². The highest BCUT2D eigenvalue weighted by Gasteiger charge is 2.64. The average molecular weight is 320 g/mol. The van der Waals surface area contributed by atoms with E-state index in [-0.39, 0.29) is 5.92 Å². The van der Waals surface area contributed by atoms with Gasteiger partial charge in [-0.1, -0.05) is 58.7 Å².